The fraction of sp³-hybridized carbons (Fsp3) is 0. The number of rotatable bonds is 3. The molecular weight excluding hydrogens is 427 g/mol. The zero-order valence-electron chi connectivity index (χ0n) is 10.0. The molecule has 2 aromatic rings. The minimum atomic E-state index is -4.04. The molecule has 0 aliphatic carbocycles. The average molecular weight is 434 g/mol. The Kier molecular flexibility index (Phi) is 5.05. The Labute approximate surface area is 144 Å². The number of halogens is 5. The third-order valence-electron chi connectivity index (χ3n) is 2.40. The van der Waals surface area contributed by atoms with Crippen molar-refractivity contribution < 1.29 is 12.8 Å². The van der Waals surface area contributed by atoms with Gasteiger partial charge in [-0.3, -0.25) is 4.72 Å². The SMILES string of the molecule is O=S(=O)(Nc1ccc(F)c(Cl)c1)c1c(Cl)cc(Br)cc1Cl. The molecule has 3 nitrogen and oxygen atoms in total. The van der Waals surface area contributed by atoms with Gasteiger partial charge in [-0.2, -0.15) is 0 Å². The highest BCUT2D eigenvalue weighted by Gasteiger charge is 2.22. The lowest BCUT2D eigenvalue weighted by Gasteiger charge is -2.12. The van der Waals surface area contributed by atoms with Crippen LogP contribution >= 0.6 is 50.7 Å². The molecule has 0 heterocycles. The number of hydrogen-bond acceptors (Lipinski definition) is 2. The number of anilines is 1. The van der Waals surface area contributed by atoms with E-state index in [1.54, 1.807) is 0 Å². The van der Waals surface area contributed by atoms with E-state index in [-0.39, 0.29) is 25.7 Å². The molecule has 112 valence electrons. The molecule has 0 saturated carbocycles. The fourth-order valence-electron chi connectivity index (χ4n) is 1.55. The summed E-state index contributed by atoms with van der Waals surface area (Å²) >= 11 is 20.6. The Balaban J connectivity index is 2.46. The molecule has 0 atom stereocenters. The number of nitrogens with one attached hydrogen (secondary N) is 1. The lowest BCUT2D eigenvalue weighted by atomic mass is 10.3. The van der Waals surface area contributed by atoms with E-state index in [1.807, 2.05) is 0 Å². The first-order valence-electron chi connectivity index (χ1n) is 5.33. The Hall–Kier alpha value is -0.530. The van der Waals surface area contributed by atoms with Crippen LogP contribution in [0.1, 0.15) is 0 Å². The van der Waals surface area contributed by atoms with Crippen LogP contribution in [0, 0.1) is 5.82 Å². The van der Waals surface area contributed by atoms with E-state index < -0.39 is 15.8 Å². The zero-order chi connectivity index (χ0) is 15.8. The Bertz CT molecular complexity index is 791. The maximum absolute atomic E-state index is 13.1. The summed E-state index contributed by atoms with van der Waals surface area (Å²) in [6, 6.07) is 6.23. The molecule has 2 aromatic carbocycles. The molecule has 0 fully saturated rings. The summed E-state index contributed by atoms with van der Waals surface area (Å²) < 4.78 is 40.5. The molecule has 0 unspecified atom stereocenters. The van der Waals surface area contributed by atoms with E-state index in [9.17, 15) is 12.8 Å². The first-order chi connectivity index (χ1) is 9.70. The molecule has 0 aliphatic rings. The molecule has 0 radical (unpaired) electrons. The number of benzene rings is 2. The van der Waals surface area contributed by atoms with Gasteiger partial charge in [-0.05, 0) is 30.3 Å². The third-order valence-corrected chi connectivity index (χ3v) is 5.45. The summed E-state index contributed by atoms with van der Waals surface area (Å²) in [5.41, 5.74) is 0.0939. The van der Waals surface area contributed by atoms with Crippen LogP contribution in [-0.4, -0.2) is 8.42 Å². The summed E-state index contributed by atoms with van der Waals surface area (Å²) in [7, 11) is -4.04. The van der Waals surface area contributed by atoms with Gasteiger partial charge >= 0.3 is 0 Å². The largest absolute Gasteiger partial charge is 0.279 e. The molecule has 0 saturated heterocycles. The normalized spacial score (nSPS) is 11.5. The number of hydrogen-bond donors (Lipinski definition) is 1. The topological polar surface area (TPSA) is 46.2 Å². The average Bonchev–Trinajstić information content (AvgIpc) is 2.31. The molecule has 21 heavy (non-hydrogen) atoms. The van der Waals surface area contributed by atoms with Crippen molar-refractivity contribution in [2.45, 2.75) is 4.90 Å². The standard InChI is InChI=1S/C12H6BrCl3FNO2S/c13-6-3-9(15)12(10(16)4-6)21(19,20)18-7-1-2-11(17)8(14)5-7/h1-5,18H. The molecule has 0 amide bonds. The van der Waals surface area contributed by atoms with Crippen LogP contribution in [0.2, 0.25) is 15.1 Å². The van der Waals surface area contributed by atoms with E-state index in [0.29, 0.717) is 4.47 Å². The van der Waals surface area contributed by atoms with E-state index >= 15 is 0 Å². The van der Waals surface area contributed by atoms with Gasteiger partial charge in [-0.15, -0.1) is 0 Å². The molecular formula is C12H6BrCl3FNO2S. The van der Waals surface area contributed by atoms with Gasteiger partial charge in [0.2, 0.25) is 0 Å². The first kappa shape index (κ1) is 16.8. The van der Waals surface area contributed by atoms with E-state index in [1.165, 1.54) is 18.2 Å². The summed E-state index contributed by atoms with van der Waals surface area (Å²) in [6.07, 6.45) is 0. The quantitative estimate of drug-likeness (QED) is 0.709. The van der Waals surface area contributed by atoms with Gasteiger partial charge in [0.1, 0.15) is 10.7 Å². The summed E-state index contributed by atoms with van der Waals surface area (Å²) in [5, 5.41) is -0.298. The molecule has 0 bridgehead atoms. The molecule has 0 aromatic heterocycles. The maximum atomic E-state index is 13.1. The van der Waals surface area contributed by atoms with Crippen LogP contribution in [-0.2, 0) is 10.0 Å². The molecule has 2 rings (SSSR count). The van der Waals surface area contributed by atoms with Crippen LogP contribution in [0.25, 0.3) is 0 Å². The van der Waals surface area contributed by atoms with Gasteiger partial charge in [0, 0.05) is 4.47 Å². The Morgan fingerprint density at radius 1 is 1.00 bits per heavy atom. The van der Waals surface area contributed by atoms with Crippen LogP contribution in [0.4, 0.5) is 10.1 Å². The Morgan fingerprint density at radius 3 is 2.10 bits per heavy atom. The Morgan fingerprint density at radius 2 is 1.57 bits per heavy atom. The molecule has 1 N–H and O–H groups in total. The maximum Gasteiger partial charge on any atom is 0.264 e. The summed E-state index contributed by atoms with van der Waals surface area (Å²) in [5.74, 6) is -0.653. The molecule has 9 heteroatoms. The van der Waals surface area contributed by atoms with Gasteiger partial charge < -0.3 is 0 Å². The van der Waals surface area contributed by atoms with Gasteiger partial charge in [-0.25, -0.2) is 12.8 Å². The van der Waals surface area contributed by atoms with Crippen molar-refractivity contribution in [1.29, 1.82) is 0 Å². The van der Waals surface area contributed by atoms with Gasteiger partial charge in [0.15, 0.2) is 0 Å². The highest BCUT2D eigenvalue weighted by Crippen LogP contribution is 2.34. The minimum Gasteiger partial charge on any atom is -0.279 e. The smallest absolute Gasteiger partial charge is 0.264 e. The van der Waals surface area contributed by atoms with Crippen molar-refractivity contribution in [2.75, 3.05) is 4.72 Å². The monoisotopic (exact) mass is 431 g/mol. The molecule has 0 spiro atoms. The van der Waals surface area contributed by atoms with Gasteiger partial charge in [0.05, 0.1) is 20.8 Å². The van der Waals surface area contributed by atoms with Crippen molar-refractivity contribution in [3.63, 3.8) is 0 Å². The van der Waals surface area contributed by atoms with Gasteiger partial charge in [-0.1, -0.05) is 50.7 Å². The highest BCUT2D eigenvalue weighted by atomic mass is 79.9. The van der Waals surface area contributed by atoms with Crippen LogP contribution in [0.3, 0.4) is 0 Å². The van der Waals surface area contributed by atoms with E-state index in [2.05, 4.69) is 20.7 Å². The highest BCUT2D eigenvalue weighted by molar-refractivity contribution is 9.10. The van der Waals surface area contributed by atoms with E-state index in [4.69, 9.17) is 34.8 Å². The minimum absolute atomic E-state index is 0.0462. The lowest BCUT2D eigenvalue weighted by molar-refractivity contribution is 0.601. The predicted molar refractivity (Wildman–Crippen MR) is 86.4 cm³/mol. The predicted octanol–water partition coefficient (Wildman–Crippen LogP) is 5.35. The van der Waals surface area contributed by atoms with Crippen molar-refractivity contribution >= 4 is 66.4 Å². The summed E-state index contributed by atoms with van der Waals surface area (Å²) in [4.78, 5) is -0.269. The van der Waals surface area contributed by atoms with Crippen LogP contribution < -0.4 is 4.72 Å². The van der Waals surface area contributed by atoms with Crippen molar-refractivity contribution in [3.8, 4) is 0 Å². The lowest BCUT2D eigenvalue weighted by Crippen LogP contribution is -2.14. The summed E-state index contributed by atoms with van der Waals surface area (Å²) in [6.45, 7) is 0. The number of sulfonamides is 1. The van der Waals surface area contributed by atoms with Crippen LogP contribution in [0.5, 0.6) is 0 Å². The third kappa shape index (κ3) is 3.81. The second kappa shape index (κ2) is 6.30. The molecule has 0 aliphatic heterocycles. The van der Waals surface area contributed by atoms with Crippen molar-refractivity contribution in [2.24, 2.45) is 0 Å². The van der Waals surface area contributed by atoms with Crippen LogP contribution in [0.15, 0.2) is 39.7 Å². The van der Waals surface area contributed by atoms with Crippen molar-refractivity contribution in [1.82, 2.24) is 0 Å². The van der Waals surface area contributed by atoms with E-state index in [0.717, 1.165) is 12.1 Å². The second-order valence-electron chi connectivity index (χ2n) is 3.93. The second-order valence-corrected chi connectivity index (χ2v) is 7.69. The van der Waals surface area contributed by atoms with Crippen molar-refractivity contribution in [3.05, 3.63) is 55.7 Å². The first-order valence-corrected chi connectivity index (χ1v) is 8.74. The zero-order valence-corrected chi connectivity index (χ0v) is 14.7. The fourth-order valence-corrected chi connectivity index (χ4v) is 4.72. The van der Waals surface area contributed by atoms with Gasteiger partial charge in [0.25, 0.3) is 10.0 Å².